The third kappa shape index (κ3) is 7.13. The fourth-order valence-electron chi connectivity index (χ4n) is 4.77. The van der Waals surface area contributed by atoms with Gasteiger partial charge < -0.3 is 9.84 Å². The monoisotopic (exact) mass is 609 g/mol. The van der Waals surface area contributed by atoms with Crippen LogP contribution in [0.5, 0.6) is 0 Å². The first-order valence-electron chi connectivity index (χ1n) is 16.7. The minimum atomic E-state index is -4.71. The predicted octanol–water partition coefficient (Wildman–Crippen LogP) is 7.33. The van der Waals surface area contributed by atoms with Gasteiger partial charge in [0.05, 0.1) is 18.0 Å². The molecule has 7 nitrogen and oxygen atoms in total. The van der Waals surface area contributed by atoms with Gasteiger partial charge in [0, 0.05) is 27.0 Å². The van der Waals surface area contributed by atoms with Crippen molar-refractivity contribution in [3.63, 3.8) is 0 Å². The molecule has 0 amide bonds. The van der Waals surface area contributed by atoms with Gasteiger partial charge >= 0.3 is 12.1 Å². The van der Waals surface area contributed by atoms with Crippen LogP contribution in [0.15, 0.2) is 89.2 Å². The first kappa shape index (κ1) is 22.7. The van der Waals surface area contributed by atoms with E-state index < -0.39 is 105 Å². The normalized spacial score (nSPS) is 22.3. The smallest absolute Gasteiger partial charge is 0.417 e. The fraction of sp³-hybridized carbons (Fsp3) is 0.355. The molecule has 4 rings (SSSR count). The number of halogens is 3. The first-order valence-corrected chi connectivity index (χ1v) is 14.5. The molecule has 2 aromatic carbocycles. The molecule has 11 heteroatoms. The van der Waals surface area contributed by atoms with E-state index in [9.17, 15) is 31.5 Å². The van der Waals surface area contributed by atoms with Crippen molar-refractivity contribution >= 4 is 21.7 Å². The zero-order valence-corrected chi connectivity index (χ0v) is 23.5. The molecule has 2 N–H and O–H groups in total. The molecule has 4 atom stereocenters. The molecule has 0 saturated heterocycles. The van der Waals surface area contributed by atoms with Crippen molar-refractivity contribution < 1.29 is 45.8 Å². The number of aliphatic hydroxyl groups is 1. The van der Waals surface area contributed by atoms with Gasteiger partial charge in [-0.1, -0.05) is 62.6 Å². The largest absolute Gasteiger partial charge is 0.512 e. The zero-order valence-electron chi connectivity index (χ0n) is 29.7. The summed E-state index contributed by atoms with van der Waals surface area (Å²) in [6.07, 6.45) is -7.61. The minimum absolute atomic E-state index is 0.00429. The molecule has 0 fully saturated rings. The molecule has 2 heterocycles. The Bertz CT molecular complexity index is 1870. The quantitative estimate of drug-likeness (QED) is 0.221. The van der Waals surface area contributed by atoms with E-state index in [0.717, 1.165) is 0 Å². The SMILES string of the molecule is [2H]c1c([2H])c([2H])c(C([2H])[C@@H]([2H])[C@]2(CCC)CC(O)=C([C@H](CC)c3cccc(NS(=O)(=O)c4ccc(C(F)(F)F)cn4)c3)C(=O)O2)c([2H])c1[2H]. The van der Waals surface area contributed by atoms with Gasteiger partial charge in [-0.15, -0.1) is 0 Å². The molecule has 1 unspecified atom stereocenters. The molecule has 0 radical (unpaired) electrons. The van der Waals surface area contributed by atoms with Crippen molar-refractivity contribution in [1.29, 1.82) is 0 Å². The third-order valence-corrected chi connectivity index (χ3v) is 7.97. The molecule has 1 aliphatic heterocycles. The van der Waals surface area contributed by atoms with Crippen molar-refractivity contribution in [2.45, 2.75) is 75.0 Å². The van der Waals surface area contributed by atoms with E-state index in [4.69, 9.17) is 14.3 Å². The summed E-state index contributed by atoms with van der Waals surface area (Å²) in [5.41, 5.74) is -3.18. The van der Waals surface area contributed by atoms with Crippen molar-refractivity contribution in [2.24, 2.45) is 0 Å². The molecule has 224 valence electrons. The number of alkyl halides is 3. The number of carbonyl (C=O) groups excluding carboxylic acids is 1. The number of aliphatic hydroxyl groups excluding tert-OH is 1. The average molecular weight is 610 g/mol. The van der Waals surface area contributed by atoms with Crippen LogP contribution in [0.1, 0.15) is 78.1 Å². The second kappa shape index (κ2) is 12.6. The summed E-state index contributed by atoms with van der Waals surface area (Å²) in [4.78, 5) is 17.1. The summed E-state index contributed by atoms with van der Waals surface area (Å²) < 4.78 is 131. The van der Waals surface area contributed by atoms with Crippen molar-refractivity contribution in [1.82, 2.24) is 4.98 Å². The third-order valence-electron chi connectivity index (χ3n) is 6.68. The van der Waals surface area contributed by atoms with Crippen LogP contribution in [-0.4, -0.2) is 30.1 Å². The predicted molar refractivity (Wildman–Crippen MR) is 152 cm³/mol. The molecular formula is C31H33F3N2O5S. The average Bonchev–Trinajstić information content (AvgIpc) is 3.04. The van der Waals surface area contributed by atoms with Gasteiger partial charge in [0.1, 0.15) is 11.4 Å². The lowest BCUT2D eigenvalue weighted by Crippen LogP contribution is -2.41. The number of nitrogens with zero attached hydrogens (tertiary/aromatic N) is 1. The molecular weight excluding hydrogens is 569 g/mol. The fourth-order valence-corrected chi connectivity index (χ4v) is 5.75. The number of hydrogen-bond acceptors (Lipinski definition) is 6. The highest BCUT2D eigenvalue weighted by atomic mass is 32.2. The highest BCUT2D eigenvalue weighted by molar-refractivity contribution is 7.92. The zero-order chi connectivity index (χ0) is 36.6. The van der Waals surface area contributed by atoms with E-state index in [0.29, 0.717) is 30.3 Å². The number of hydrogen-bond donors (Lipinski definition) is 2. The molecule has 0 aliphatic carbocycles. The molecule has 3 aromatic rings. The maximum absolute atomic E-state index is 13.7. The van der Waals surface area contributed by atoms with Crippen LogP contribution in [0.3, 0.4) is 0 Å². The van der Waals surface area contributed by atoms with E-state index in [2.05, 4.69) is 9.71 Å². The lowest BCUT2D eigenvalue weighted by molar-refractivity contribution is -0.161. The number of sulfonamides is 1. The number of esters is 1. The van der Waals surface area contributed by atoms with Crippen molar-refractivity contribution in [2.75, 3.05) is 4.72 Å². The Kier molecular flexibility index (Phi) is 6.79. The molecule has 1 aromatic heterocycles. The Morgan fingerprint density at radius 3 is 2.52 bits per heavy atom. The van der Waals surface area contributed by atoms with E-state index in [1.165, 1.54) is 18.2 Å². The van der Waals surface area contributed by atoms with Gasteiger partial charge in [-0.3, -0.25) is 4.72 Å². The summed E-state index contributed by atoms with van der Waals surface area (Å²) in [6, 6.07) is 3.74. The topological polar surface area (TPSA) is 106 Å². The highest BCUT2D eigenvalue weighted by Crippen LogP contribution is 2.42. The number of anilines is 1. The van der Waals surface area contributed by atoms with E-state index in [1.807, 2.05) is 0 Å². The van der Waals surface area contributed by atoms with Gasteiger partial charge in [0.2, 0.25) is 0 Å². The van der Waals surface area contributed by atoms with Gasteiger partial charge in [-0.05, 0) is 61.0 Å². The van der Waals surface area contributed by atoms with Crippen LogP contribution in [0.4, 0.5) is 18.9 Å². The van der Waals surface area contributed by atoms with Crippen molar-refractivity contribution in [3.05, 3.63) is 101 Å². The number of ether oxygens (including phenoxy) is 1. The Morgan fingerprint density at radius 2 is 1.93 bits per heavy atom. The van der Waals surface area contributed by atoms with Gasteiger partial charge in [0.25, 0.3) is 10.0 Å². The number of nitrogens with one attached hydrogen (secondary N) is 1. The first-order chi connectivity index (χ1) is 22.8. The van der Waals surface area contributed by atoms with Crippen LogP contribution in [0.2, 0.25) is 0 Å². The van der Waals surface area contributed by atoms with Crippen LogP contribution in [0, 0.1) is 0 Å². The number of carbonyl (C=O) groups is 1. The van der Waals surface area contributed by atoms with Crippen LogP contribution < -0.4 is 4.72 Å². The van der Waals surface area contributed by atoms with Crippen LogP contribution in [0.25, 0.3) is 0 Å². The molecule has 0 saturated carbocycles. The van der Waals surface area contributed by atoms with Crippen molar-refractivity contribution in [3.8, 4) is 0 Å². The highest BCUT2D eigenvalue weighted by Gasteiger charge is 2.43. The minimum Gasteiger partial charge on any atom is -0.512 e. The van der Waals surface area contributed by atoms with Crippen LogP contribution in [-0.2, 0) is 32.1 Å². The standard InChI is InChI=1S/C31H33F3N2O5S/c1-3-16-30(17-15-21-9-6-5-7-10-21)19-26(37)28(29(38)41-30)25(4-2)22-11-8-12-24(18-22)36-42(39,40)27-14-13-23(20-35-27)31(32,33)34/h5-14,18,20,25,36-37H,3-4,15-17,19H2,1-2H3/t25-,30-/m1/s1/i5D,6D,7D,9D,10D,15D,17D/t15?,17-,25-,30-. The Morgan fingerprint density at radius 1 is 1.19 bits per heavy atom. The second-order valence-electron chi connectivity index (χ2n) is 9.69. The maximum Gasteiger partial charge on any atom is 0.417 e. The summed E-state index contributed by atoms with van der Waals surface area (Å²) in [5, 5.41) is 10.7. The number of aromatic nitrogens is 1. The van der Waals surface area contributed by atoms with Gasteiger partial charge in [0.15, 0.2) is 5.03 Å². The maximum atomic E-state index is 13.7. The van der Waals surface area contributed by atoms with E-state index >= 15 is 0 Å². The number of benzene rings is 2. The molecule has 1 aliphatic rings. The molecule has 42 heavy (non-hydrogen) atoms. The Balaban J connectivity index is 1.66. The van der Waals surface area contributed by atoms with Gasteiger partial charge in [-0.2, -0.15) is 21.6 Å². The number of rotatable bonds is 11. The molecule has 0 spiro atoms. The van der Waals surface area contributed by atoms with E-state index in [1.54, 1.807) is 19.9 Å². The van der Waals surface area contributed by atoms with Gasteiger partial charge in [-0.25, -0.2) is 9.78 Å². The Labute approximate surface area is 253 Å². The number of cyclic esters (lactones) is 1. The summed E-state index contributed by atoms with van der Waals surface area (Å²) in [6.45, 7) is 3.42. The summed E-state index contributed by atoms with van der Waals surface area (Å²) in [7, 11) is -4.43. The van der Waals surface area contributed by atoms with Crippen LogP contribution >= 0.6 is 0 Å². The lowest BCUT2D eigenvalue weighted by Gasteiger charge is -2.38. The Hall–Kier alpha value is -3.86. The summed E-state index contributed by atoms with van der Waals surface area (Å²) >= 11 is 0. The number of pyridine rings is 1. The summed E-state index contributed by atoms with van der Waals surface area (Å²) in [5.74, 6) is -2.30. The second-order valence-corrected chi connectivity index (χ2v) is 11.3. The van der Waals surface area contributed by atoms with E-state index in [-0.39, 0.29) is 24.1 Å². The lowest BCUT2D eigenvalue weighted by atomic mass is 9.80. The molecule has 0 bridgehead atoms.